The van der Waals surface area contributed by atoms with Gasteiger partial charge in [0.25, 0.3) is 0 Å². The quantitative estimate of drug-likeness (QED) is 0.508. The Hall–Kier alpha value is -1.36. The molecule has 0 radical (unpaired) electrons. The molecule has 0 aliphatic rings. The van der Waals surface area contributed by atoms with Crippen LogP contribution in [0.4, 0.5) is 11.6 Å². The van der Waals surface area contributed by atoms with E-state index < -0.39 is 0 Å². The van der Waals surface area contributed by atoms with Gasteiger partial charge in [-0.25, -0.2) is 15.8 Å². The smallest absolute Gasteiger partial charge is 0.148 e. The molecule has 1 heterocycles. The van der Waals surface area contributed by atoms with Crippen LogP contribution in [0, 0.1) is 6.92 Å². The lowest BCUT2D eigenvalue weighted by Gasteiger charge is -2.16. The molecule has 0 amide bonds. The Labute approximate surface area is 90.5 Å². The topological polar surface area (TPSA) is 75.9 Å². The first-order chi connectivity index (χ1) is 7.19. The number of nitrogens with two attached hydrogens (primary N) is 1. The van der Waals surface area contributed by atoms with Gasteiger partial charge in [0.15, 0.2) is 0 Å². The molecule has 5 heteroatoms. The molecule has 0 aliphatic heterocycles. The molecule has 1 aromatic rings. The van der Waals surface area contributed by atoms with Crippen LogP contribution in [-0.2, 0) is 0 Å². The third kappa shape index (κ3) is 3.06. The van der Waals surface area contributed by atoms with Crippen molar-refractivity contribution in [3.05, 3.63) is 11.9 Å². The second-order valence-corrected chi connectivity index (χ2v) is 3.67. The Morgan fingerprint density at radius 2 is 2.07 bits per heavy atom. The van der Waals surface area contributed by atoms with Gasteiger partial charge in [0.05, 0.1) is 0 Å². The summed E-state index contributed by atoms with van der Waals surface area (Å²) in [6.07, 6.45) is 3.78. The first-order valence-electron chi connectivity index (χ1n) is 5.23. The van der Waals surface area contributed by atoms with Crippen LogP contribution in [0.1, 0.15) is 32.3 Å². The van der Waals surface area contributed by atoms with E-state index in [4.69, 9.17) is 5.84 Å². The van der Waals surface area contributed by atoms with Crippen molar-refractivity contribution in [1.29, 1.82) is 0 Å². The Morgan fingerprint density at radius 1 is 1.40 bits per heavy atom. The summed E-state index contributed by atoms with van der Waals surface area (Å²) in [7, 11) is 0. The van der Waals surface area contributed by atoms with Gasteiger partial charge in [-0.15, -0.1) is 0 Å². The maximum Gasteiger partial charge on any atom is 0.148 e. The molecule has 0 saturated heterocycles. The van der Waals surface area contributed by atoms with Crippen LogP contribution < -0.4 is 16.6 Å². The minimum absolute atomic E-state index is 0.411. The van der Waals surface area contributed by atoms with E-state index in [-0.39, 0.29) is 0 Å². The van der Waals surface area contributed by atoms with Crippen LogP contribution in [0.15, 0.2) is 6.33 Å². The van der Waals surface area contributed by atoms with Gasteiger partial charge in [0.1, 0.15) is 18.0 Å². The molecule has 5 nitrogen and oxygen atoms in total. The third-order valence-electron chi connectivity index (χ3n) is 2.33. The maximum atomic E-state index is 5.34. The fourth-order valence-electron chi connectivity index (χ4n) is 1.48. The lowest BCUT2D eigenvalue weighted by Crippen LogP contribution is -2.18. The summed E-state index contributed by atoms with van der Waals surface area (Å²) in [5.41, 5.74) is 3.50. The monoisotopic (exact) mass is 209 g/mol. The standard InChI is InChI=1S/C10H19N5/c1-4-5-7(2)14-9-8(3)10(15-11)13-6-12-9/h6-7H,4-5,11H2,1-3H3,(H2,12,13,14,15). The molecule has 0 spiro atoms. The highest BCUT2D eigenvalue weighted by Gasteiger charge is 2.07. The zero-order valence-electron chi connectivity index (χ0n) is 9.54. The average molecular weight is 209 g/mol. The minimum Gasteiger partial charge on any atom is -0.367 e. The first-order valence-corrected chi connectivity index (χ1v) is 5.23. The largest absolute Gasteiger partial charge is 0.367 e. The van der Waals surface area contributed by atoms with Crippen molar-refractivity contribution >= 4 is 11.6 Å². The number of nitrogen functional groups attached to an aromatic ring is 1. The molecule has 1 rings (SSSR count). The van der Waals surface area contributed by atoms with E-state index in [2.05, 4.69) is 34.6 Å². The molecule has 0 aliphatic carbocycles. The highest BCUT2D eigenvalue weighted by Crippen LogP contribution is 2.18. The van der Waals surface area contributed by atoms with E-state index >= 15 is 0 Å². The molecule has 1 unspecified atom stereocenters. The summed E-state index contributed by atoms with van der Waals surface area (Å²) in [5, 5.41) is 3.34. The maximum absolute atomic E-state index is 5.34. The van der Waals surface area contributed by atoms with E-state index in [1.54, 1.807) is 0 Å². The average Bonchev–Trinajstić information content (AvgIpc) is 2.21. The molecule has 0 bridgehead atoms. The Bertz CT molecular complexity index is 313. The van der Waals surface area contributed by atoms with Gasteiger partial charge in [0, 0.05) is 11.6 Å². The molecule has 0 saturated carbocycles. The van der Waals surface area contributed by atoms with Gasteiger partial charge in [-0.05, 0) is 20.3 Å². The number of hydrogen-bond acceptors (Lipinski definition) is 5. The summed E-state index contributed by atoms with van der Waals surface area (Å²) in [6.45, 7) is 6.24. The number of nitrogens with one attached hydrogen (secondary N) is 2. The molecule has 84 valence electrons. The molecule has 1 aromatic heterocycles. The van der Waals surface area contributed by atoms with Crippen LogP contribution >= 0.6 is 0 Å². The van der Waals surface area contributed by atoms with Crippen LogP contribution in [0.5, 0.6) is 0 Å². The number of hydrogen-bond donors (Lipinski definition) is 3. The van der Waals surface area contributed by atoms with Crippen molar-refractivity contribution in [2.24, 2.45) is 5.84 Å². The molecule has 1 atom stereocenters. The lowest BCUT2D eigenvalue weighted by molar-refractivity contribution is 0.686. The number of hydrazine groups is 1. The fraction of sp³-hybridized carbons (Fsp3) is 0.600. The molecule has 4 N–H and O–H groups in total. The minimum atomic E-state index is 0.411. The van der Waals surface area contributed by atoms with Gasteiger partial charge >= 0.3 is 0 Å². The summed E-state index contributed by atoms with van der Waals surface area (Å²) in [4.78, 5) is 8.21. The third-order valence-corrected chi connectivity index (χ3v) is 2.33. The number of aromatic nitrogens is 2. The normalized spacial score (nSPS) is 12.3. The van der Waals surface area contributed by atoms with Crippen LogP contribution in [0.2, 0.25) is 0 Å². The highest BCUT2D eigenvalue weighted by molar-refractivity contribution is 5.56. The van der Waals surface area contributed by atoms with Gasteiger partial charge in [0.2, 0.25) is 0 Å². The zero-order valence-corrected chi connectivity index (χ0v) is 9.54. The molecular formula is C10H19N5. The van der Waals surface area contributed by atoms with E-state index in [9.17, 15) is 0 Å². The van der Waals surface area contributed by atoms with Crippen molar-refractivity contribution in [3.8, 4) is 0 Å². The zero-order chi connectivity index (χ0) is 11.3. The van der Waals surface area contributed by atoms with Crippen molar-refractivity contribution in [2.45, 2.75) is 39.7 Å². The molecule has 15 heavy (non-hydrogen) atoms. The van der Waals surface area contributed by atoms with E-state index in [1.165, 1.54) is 6.33 Å². The van der Waals surface area contributed by atoms with Crippen LogP contribution in [0.3, 0.4) is 0 Å². The number of anilines is 2. The molecular weight excluding hydrogens is 190 g/mol. The Balaban J connectivity index is 2.76. The van der Waals surface area contributed by atoms with Gasteiger partial charge in [-0.3, -0.25) is 0 Å². The van der Waals surface area contributed by atoms with Gasteiger partial charge in [-0.2, -0.15) is 0 Å². The van der Waals surface area contributed by atoms with Gasteiger partial charge < -0.3 is 10.7 Å². The first kappa shape index (κ1) is 11.7. The predicted molar refractivity (Wildman–Crippen MR) is 62.6 cm³/mol. The molecule has 0 fully saturated rings. The Morgan fingerprint density at radius 3 is 2.67 bits per heavy atom. The molecule has 0 aromatic carbocycles. The van der Waals surface area contributed by atoms with Crippen molar-refractivity contribution in [3.63, 3.8) is 0 Å². The summed E-state index contributed by atoms with van der Waals surface area (Å²) in [6, 6.07) is 0.411. The highest BCUT2D eigenvalue weighted by atomic mass is 15.3. The fourth-order valence-corrected chi connectivity index (χ4v) is 1.48. The predicted octanol–water partition coefficient (Wildman–Crippen LogP) is 1.67. The summed E-state index contributed by atoms with van der Waals surface area (Å²) < 4.78 is 0. The van der Waals surface area contributed by atoms with E-state index in [0.29, 0.717) is 11.9 Å². The van der Waals surface area contributed by atoms with Crippen LogP contribution in [0.25, 0.3) is 0 Å². The lowest BCUT2D eigenvalue weighted by atomic mass is 10.2. The van der Waals surface area contributed by atoms with Gasteiger partial charge in [-0.1, -0.05) is 13.3 Å². The summed E-state index contributed by atoms with van der Waals surface area (Å²) >= 11 is 0. The number of rotatable bonds is 5. The van der Waals surface area contributed by atoms with Crippen molar-refractivity contribution in [1.82, 2.24) is 9.97 Å². The van der Waals surface area contributed by atoms with E-state index in [1.807, 2.05) is 6.92 Å². The van der Waals surface area contributed by atoms with E-state index in [0.717, 1.165) is 24.2 Å². The van der Waals surface area contributed by atoms with Crippen molar-refractivity contribution in [2.75, 3.05) is 10.7 Å². The van der Waals surface area contributed by atoms with Crippen LogP contribution in [-0.4, -0.2) is 16.0 Å². The number of nitrogens with zero attached hydrogens (tertiary/aromatic N) is 2. The summed E-state index contributed by atoms with van der Waals surface area (Å²) in [5.74, 6) is 6.85. The second kappa shape index (κ2) is 5.50. The van der Waals surface area contributed by atoms with Crippen molar-refractivity contribution < 1.29 is 0 Å². The Kier molecular flexibility index (Phi) is 4.30. The second-order valence-electron chi connectivity index (χ2n) is 3.67. The SMILES string of the molecule is CCCC(C)Nc1ncnc(NN)c1C.